The predicted octanol–water partition coefficient (Wildman–Crippen LogP) is 3.49. The number of hydrogen-bond donors (Lipinski definition) is 1. The lowest BCUT2D eigenvalue weighted by atomic mass is 10.0. The van der Waals surface area contributed by atoms with Crippen molar-refractivity contribution in [2.24, 2.45) is 5.92 Å². The van der Waals surface area contributed by atoms with Crippen molar-refractivity contribution in [1.82, 2.24) is 4.98 Å². The Kier molecular flexibility index (Phi) is 7.48. The van der Waals surface area contributed by atoms with Crippen molar-refractivity contribution in [2.75, 3.05) is 18.5 Å². The van der Waals surface area contributed by atoms with E-state index < -0.39 is 0 Å². The number of rotatable bonds is 9. The van der Waals surface area contributed by atoms with Crippen LogP contribution in [0.2, 0.25) is 0 Å². The molecule has 0 bridgehead atoms. The summed E-state index contributed by atoms with van der Waals surface area (Å²) in [6.07, 6.45) is 3.43. The molecular formula is C14H24N2O2S. The third-order valence-electron chi connectivity index (χ3n) is 3.14. The Morgan fingerprint density at radius 2 is 2.16 bits per heavy atom. The number of carbonyl (C=O) groups is 1. The van der Waals surface area contributed by atoms with E-state index in [2.05, 4.69) is 24.1 Å². The number of nitrogens with zero attached hydrogens (tertiary/aromatic N) is 1. The van der Waals surface area contributed by atoms with E-state index in [9.17, 15) is 4.79 Å². The van der Waals surface area contributed by atoms with Crippen LogP contribution < -0.4 is 5.32 Å². The largest absolute Gasteiger partial charge is 0.466 e. The number of nitrogens with one attached hydrogen (secondary N) is 1. The van der Waals surface area contributed by atoms with Gasteiger partial charge < -0.3 is 10.1 Å². The minimum absolute atomic E-state index is 0.151. The van der Waals surface area contributed by atoms with Crippen LogP contribution in [0.15, 0.2) is 5.38 Å². The van der Waals surface area contributed by atoms with Crippen LogP contribution in [0.3, 0.4) is 0 Å². The first-order valence-electron chi connectivity index (χ1n) is 7.03. The molecule has 1 aromatic rings. The van der Waals surface area contributed by atoms with E-state index >= 15 is 0 Å². The molecule has 5 heteroatoms. The zero-order valence-corrected chi connectivity index (χ0v) is 12.9. The molecule has 0 spiro atoms. The van der Waals surface area contributed by atoms with Gasteiger partial charge in [-0.25, -0.2) is 4.98 Å². The van der Waals surface area contributed by atoms with Crippen LogP contribution in [0.4, 0.5) is 5.13 Å². The Morgan fingerprint density at radius 1 is 1.42 bits per heavy atom. The average Bonchev–Trinajstić information content (AvgIpc) is 2.86. The summed E-state index contributed by atoms with van der Waals surface area (Å²) < 4.78 is 4.90. The van der Waals surface area contributed by atoms with Gasteiger partial charge in [0.1, 0.15) is 0 Å². The molecule has 0 saturated heterocycles. The fourth-order valence-electron chi connectivity index (χ4n) is 1.78. The first kappa shape index (κ1) is 16.0. The number of anilines is 1. The predicted molar refractivity (Wildman–Crippen MR) is 79.6 cm³/mol. The number of ether oxygens (including phenoxy) is 1. The minimum Gasteiger partial charge on any atom is -0.466 e. The molecule has 0 aliphatic rings. The second-order valence-corrected chi connectivity index (χ2v) is 5.37. The summed E-state index contributed by atoms with van der Waals surface area (Å²) in [5.41, 5.74) is 0.963. The molecule has 108 valence electrons. The lowest BCUT2D eigenvalue weighted by molar-refractivity contribution is -0.143. The summed E-state index contributed by atoms with van der Waals surface area (Å²) >= 11 is 1.60. The number of thiazole rings is 1. The fourth-order valence-corrected chi connectivity index (χ4v) is 2.53. The molecule has 0 amide bonds. The van der Waals surface area contributed by atoms with Crippen LogP contribution in [0.5, 0.6) is 0 Å². The molecule has 0 aliphatic heterocycles. The Bertz CT molecular complexity index is 375. The fraction of sp³-hybridized carbons (Fsp3) is 0.714. The quantitative estimate of drug-likeness (QED) is 0.705. The number of hydrogen-bond acceptors (Lipinski definition) is 5. The van der Waals surface area contributed by atoms with Crippen molar-refractivity contribution in [3.8, 4) is 0 Å². The van der Waals surface area contributed by atoms with Crippen molar-refractivity contribution in [3.63, 3.8) is 0 Å². The molecule has 0 saturated carbocycles. The van der Waals surface area contributed by atoms with Crippen molar-refractivity contribution in [2.45, 2.75) is 46.5 Å². The SMILES string of the molecule is CCOC(=O)CCc1csc(NCC(CC)CC)n1. The van der Waals surface area contributed by atoms with Gasteiger partial charge in [-0.1, -0.05) is 26.7 Å². The van der Waals surface area contributed by atoms with Gasteiger partial charge in [0.25, 0.3) is 0 Å². The molecule has 19 heavy (non-hydrogen) atoms. The third-order valence-corrected chi connectivity index (χ3v) is 3.99. The van der Waals surface area contributed by atoms with Crippen LogP contribution in [0.25, 0.3) is 0 Å². The molecule has 0 atom stereocenters. The molecule has 1 aromatic heterocycles. The first-order valence-corrected chi connectivity index (χ1v) is 7.91. The van der Waals surface area contributed by atoms with E-state index in [-0.39, 0.29) is 5.97 Å². The third kappa shape index (κ3) is 6.05. The number of aryl methyl sites for hydroxylation is 1. The minimum atomic E-state index is -0.151. The highest BCUT2D eigenvalue weighted by Gasteiger charge is 2.08. The van der Waals surface area contributed by atoms with Crippen molar-refractivity contribution < 1.29 is 9.53 Å². The molecule has 0 aliphatic carbocycles. The molecule has 0 fully saturated rings. The molecule has 0 aromatic carbocycles. The lowest BCUT2D eigenvalue weighted by Gasteiger charge is -2.11. The number of esters is 1. The van der Waals surface area contributed by atoms with Crippen LogP contribution in [-0.4, -0.2) is 24.1 Å². The maximum Gasteiger partial charge on any atom is 0.306 e. The van der Waals surface area contributed by atoms with Crippen LogP contribution in [0, 0.1) is 5.92 Å². The van der Waals surface area contributed by atoms with Gasteiger partial charge in [0, 0.05) is 18.3 Å². The highest BCUT2D eigenvalue weighted by Crippen LogP contribution is 2.18. The standard InChI is InChI=1S/C14H24N2O2S/c1-4-11(5-2)9-15-14-16-12(10-19-14)7-8-13(17)18-6-3/h10-11H,4-9H2,1-3H3,(H,15,16). The maximum absolute atomic E-state index is 11.3. The van der Waals surface area contributed by atoms with Gasteiger partial charge in [0.05, 0.1) is 18.7 Å². The Morgan fingerprint density at radius 3 is 2.79 bits per heavy atom. The molecular weight excluding hydrogens is 260 g/mol. The molecule has 1 N–H and O–H groups in total. The summed E-state index contributed by atoms with van der Waals surface area (Å²) in [6, 6.07) is 0. The summed E-state index contributed by atoms with van der Waals surface area (Å²) in [4.78, 5) is 15.7. The number of aromatic nitrogens is 1. The Balaban J connectivity index is 2.33. The van der Waals surface area contributed by atoms with Gasteiger partial charge in [0.15, 0.2) is 5.13 Å². The van der Waals surface area contributed by atoms with Gasteiger partial charge in [-0.15, -0.1) is 11.3 Å². The monoisotopic (exact) mass is 284 g/mol. The summed E-state index contributed by atoms with van der Waals surface area (Å²) in [5.74, 6) is 0.550. The molecule has 1 rings (SSSR count). The zero-order chi connectivity index (χ0) is 14.1. The highest BCUT2D eigenvalue weighted by molar-refractivity contribution is 7.13. The smallest absolute Gasteiger partial charge is 0.306 e. The highest BCUT2D eigenvalue weighted by atomic mass is 32.1. The Hall–Kier alpha value is -1.10. The number of carbonyl (C=O) groups excluding carboxylic acids is 1. The summed E-state index contributed by atoms with van der Waals surface area (Å²) in [6.45, 7) is 7.65. The van der Waals surface area contributed by atoms with Gasteiger partial charge in [-0.3, -0.25) is 4.79 Å². The first-order chi connectivity index (χ1) is 9.19. The van der Waals surface area contributed by atoms with E-state index in [4.69, 9.17) is 4.74 Å². The molecule has 0 unspecified atom stereocenters. The van der Waals surface area contributed by atoms with E-state index in [0.29, 0.717) is 25.4 Å². The van der Waals surface area contributed by atoms with Crippen LogP contribution in [-0.2, 0) is 16.0 Å². The Labute approximate surface area is 119 Å². The van der Waals surface area contributed by atoms with Gasteiger partial charge in [-0.05, 0) is 12.8 Å². The van der Waals surface area contributed by atoms with Gasteiger partial charge >= 0.3 is 5.97 Å². The van der Waals surface area contributed by atoms with Crippen molar-refractivity contribution in [1.29, 1.82) is 0 Å². The van der Waals surface area contributed by atoms with Crippen molar-refractivity contribution >= 4 is 22.4 Å². The summed E-state index contributed by atoms with van der Waals surface area (Å²) in [5, 5.41) is 6.33. The lowest BCUT2D eigenvalue weighted by Crippen LogP contribution is -2.12. The van der Waals surface area contributed by atoms with E-state index in [1.165, 1.54) is 12.8 Å². The zero-order valence-electron chi connectivity index (χ0n) is 12.1. The second-order valence-electron chi connectivity index (χ2n) is 4.51. The molecule has 1 heterocycles. The maximum atomic E-state index is 11.3. The van der Waals surface area contributed by atoms with E-state index in [1.54, 1.807) is 11.3 Å². The average molecular weight is 284 g/mol. The van der Waals surface area contributed by atoms with Crippen LogP contribution >= 0.6 is 11.3 Å². The molecule has 0 radical (unpaired) electrons. The van der Waals surface area contributed by atoms with E-state index in [1.807, 2.05) is 12.3 Å². The van der Waals surface area contributed by atoms with Gasteiger partial charge in [0.2, 0.25) is 0 Å². The van der Waals surface area contributed by atoms with Crippen molar-refractivity contribution in [3.05, 3.63) is 11.1 Å². The topological polar surface area (TPSA) is 51.2 Å². The van der Waals surface area contributed by atoms with Crippen LogP contribution in [0.1, 0.15) is 45.7 Å². The molecule has 4 nitrogen and oxygen atoms in total. The van der Waals surface area contributed by atoms with E-state index in [0.717, 1.165) is 17.4 Å². The second kappa shape index (κ2) is 8.91. The summed E-state index contributed by atoms with van der Waals surface area (Å²) in [7, 11) is 0. The normalized spacial score (nSPS) is 10.7. The van der Waals surface area contributed by atoms with Gasteiger partial charge in [-0.2, -0.15) is 0 Å².